The molecular weight excluding hydrogens is 274 g/mol. The molecule has 1 heterocycles. The number of thioether (sulfide) groups is 1. The maximum Gasteiger partial charge on any atom is 0.301 e. The van der Waals surface area contributed by atoms with Crippen LogP contribution in [0.2, 0.25) is 0 Å². The number of fused-ring (bicyclic) bond motifs is 1. The molecule has 20 heavy (non-hydrogen) atoms. The standard InChI is InChI=1S/C14H19N3O2S/c1-9(15)6-7-20-8-11-10-4-2-3-5-12(10)19-13(11)14(18)17-16/h2-5,9H,6-8,15-16H2,1H3,(H,17,18). The van der Waals surface area contributed by atoms with Gasteiger partial charge in [0.1, 0.15) is 5.58 Å². The van der Waals surface area contributed by atoms with Crippen molar-refractivity contribution in [2.75, 3.05) is 5.75 Å². The number of benzene rings is 1. The van der Waals surface area contributed by atoms with Gasteiger partial charge in [0.2, 0.25) is 0 Å². The summed E-state index contributed by atoms with van der Waals surface area (Å²) in [5.41, 5.74) is 9.45. The maximum absolute atomic E-state index is 11.8. The lowest BCUT2D eigenvalue weighted by atomic mass is 10.1. The van der Waals surface area contributed by atoms with Crippen molar-refractivity contribution in [3.8, 4) is 0 Å². The molecule has 0 aliphatic rings. The molecule has 0 radical (unpaired) electrons. The Hall–Kier alpha value is -1.50. The lowest BCUT2D eigenvalue weighted by Gasteiger charge is -2.05. The van der Waals surface area contributed by atoms with Gasteiger partial charge in [0.15, 0.2) is 5.76 Å². The zero-order valence-electron chi connectivity index (χ0n) is 11.4. The van der Waals surface area contributed by atoms with E-state index in [0.29, 0.717) is 17.1 Å². The maximum atomic E-state index is 11.8. The van der Waals surface area contributed by atoms with Crippen LogP contribution in [-0.2, 0) is 5.75 Å². The Morgan fingerprint density at radius 3 is 2.90 bits per heavy atom. The fourth-order valence-electron chi connectivity index (χ4n) is 1.93. The second-order valence-electron chi connectivity index (χ2n) is 4.70. The Morgan fingerprint density at radius 2 is 2.20 bits per heavy atom. The first-order valence-electron chi connectivity index (χ1n) is 6.48. The Morgan fingerprint density at radius 1 is 1.45 bits per heavy atom. The molecule has 0 saturated heterocycles. The van der Waals surface area contributed by atoms with Gasteiger partial charge in [-0.25, -0.2) is 5.84 Å². The van der Waals surface area contributed by atoms with E-state index in [0.717, 1.165) is 23.1 Å². The quantitative estimate of drug-likeness (QED) is 0.328. The van der Waals surface area contributed by atoms with Crippen LogP contribution in [0.4, 0.5) is 0 Å². The molecule has 0 fully saturated rings. The van der Waals surface area contributed by atoms with E-state index in [1.807, 2.05) is 31.2 Å². The lowest BCUT2D eigenvalue weighted by molar-refractivity contribution is 0.0927. The highest BCUT2D eigenvalue weighted by molar-refractivity contribution is 7.98. The van der Waals surface area contributed by atoms with E-state index in [2.05, 4.69) is 5.43 Å². The molecule has 6 heteroatoms. The number of nitrogens with one attached hydrogen (secondary N) is 1. The molecule has 2 aromatic rings. The Balaban J connectivity index is 2.22. The summed E-state index contributed by atoms with van der Waals surface area (Å²) in [6.07, 6.45) is 0.943. The molecule has 1 atom stereocenters. The Kier molecular flexibility index (Phi) is 5.05. The van der Waals surface area contributed by atoms with E-state index in [-0.39, 0.29) is 6.04 Å². The summed E-state index contributed by atoms with van der Waals surface area (Å²) in [5, 5.41) is 0.958. The first kappa shape index (κ1) is 14.9. The van der Waals surface area contributed by atoms with Crippen molar-refractivity contribution in [3.63, 3.8) is 0 Å². The van der Waals surface area contributed by atoms with Crippen LogP contribution in [-0.4, -0.2) is 17.7 Å². The predicted octanol–water partition coefficient (Wildman–Crippen LogP) is 2.01. The molecule has 1 aromatic carbocycles. The van der Waals surface area contributed by atoms with E-state index in [1.54, 1.807) is 11.8 Å². The van der Waals surface area contributed by atoms with Gasteiger partial charge in [0.25, 0.3) is 0 Å². The highest BCUT2D eigenvalue weighted by Crippen LogP contribution is 2.29. The first-order valence-corrected chi connectivity index (χ1v) is 7.63. The number of rotatable bonds is 6. The third kappa shape index (κ3) is 3.33. The van der Waals surface area contributed by atoms with Crippen LogP contribution in [0.25, 0.3) is 11.0 Å². The topological polar surface area (TPSA) is 94.3 Å². The second kappa shape index (κ2) is 6.78. The Bertz CT molecular complexity index is 595. The minimum Gasteiger partial charge on any atom is -0.451 e. The molecule has 0 saturated carbocycles. The average molecular weight is 293 g/mol. The molecule has 108 valence electrons. The normalized spacial score (nSPS) is 12.6. The molecule has 1 unspecified atom stereocenters. The van der Waals surface area contributed by atoms with Crippen molar-refractivity contribution in [2.24, 2.45) is 11.6 Å². The Labute approximate surface area is 122 Å². The summed E-state index contributed by atoms with van der Waals surface area (Å²) in [7, 11) is 0. The summed E-state index contributed by atoms with van der Waals surface area (Å²) in [6.45, 7) is 1.99. The van der Waals surface area contributed by atoms with E-state index in [4.69, 9.17) is 16.0 Å². The van der Waals surface area contributed by atoms with Crippen LogP contribution >= 0.6 is 11.8 Å². The second-order valence-corrected chi connectivity index (χ2v) is 5.80. The smallest absolute Gasteiger partial charge is 0.301 e. The van der Waals surface area contributed by atoms with Crippen molar-refractivity contribution < 1.29 is 9.21 Å². The summed E-state index contributed by atoms with van der Waals surface area (Å²) < 4.78 is 5.60. The summed E-state index contributed by atoms with van der Waals surface area (Å²) in [6, 6.07) is 7.79. The van der Waals surface area contributed by atoms with Crippen LogP contribution in [0, 0.1) is 0 Å². The van der Waals surface area contributed by atoms with Crippen LogP contribution in [0.15, 0.2) is 28.7 Å². The molecule has 5 nitrogen and oxygen atoms in total. The van der Waals surface area contributed by atoms with Gasteiger partial charge in [-0.3, -0.25) is 10.2 Å². The fourth-order valence-corrected chi connectivity index (χ4v) is 3.11. The number of hydrogen-bond donors (Lipinski definition) is 3. The number of nitrogens with two attached hydrogens (primary N) is 2. The molecule has 1 amide bonds. The minimum atomic E-state index is -0.399. The number of hydrazine groups is 1. The van der Waals surface area contributed by atoms with Crippen LogP contribution in [0.5, 0.6) is 0 Å². The number of hydrogen-bond acceptors (Lipinski definition) is 5. The number of para-hydroxylation sites is 1. The van der Waals surface area contributed by atoms with E-state index in [9.17, 15) is 4.79 Å². The van der Waals surface area contributed by atoms with Crippen molar-refractivity contribution in [1.29, 1.82) is 0 Å². The summed E-state index contributed by atoms with van der Waals surface area (Å²) in [5.74, 6) is 6.75. The molecule has 0 aliphatic carbocycles. The minimum absolute atomic E-state index is 0.190. The van der Waals surface area contributed by atoms with Crippen molar-refractivity contribution in [3.05, 3.63) is 35.6 Å². The number of carbonyl (C=O) groups is 1. The molecule has 0 aliphatic heterocycles. The SMILES string of the molecule is CC(N)CCSCc1c(C(=O)NN)oc2ccccc12. The average Bonchev–Trinajstić information content (AvgIpc) is 2.81. The molecule has 2 rings (SSSR count). The van der Waals surface area contributed by atoms with Crippen LogP contribution < -0.4 is 17.0 Å². The van der Waals surface area contributed by atoms with Gasteiger partial charge in [-0.15, -0.1) is 0 Å². The summed E-state index contributed by atoms with van der Waals surface area (Å²) >= 11 is 1.74. The first-order chi connectivity index (χ1) is 9.63. The van der Waals surface area contributed by atoms with Gasteiger partial charge in [0, 0.05) is 22.7 Å². The van der Waals surface area contributed by atoms with Gasteiger partial charge in [0.05, 0.1) is 0 Å². The molecular formula is C14H19N3O2S. The van der Waals surface area contributed by atoms with E-state index >= 15 is 0 Å². The largest absolute Gasteiger partial charge is 0.451 e. The zero-order valence-corrected chi connectivity index (χ0v) is 12.2. The van der Waals surface area contributed by atoms with Crippen molar-refractivity contribution in [1.82, 2.24) is 5.43 Å². The molecule has 0 spiro atoms. The van der Waals surface area contributed by atoms with Gasteiger partial charge in [-0.05, 0) is 25.2 Å². The van der Waals surface area contributed by atoms with Gasteiger partial charge in [-0.1, -0.05) is 18.2 Å². The zero-order chi connectivity index (χ0) is 14.5. The highest BCUT2D eigenvalue weighted by atomic mass is 32.2. The van der Waals surface area contributed by atoms with Crippen LogP contribution in [0.3, 0.4) is 0 Å². The highest BCUT2D eigenvalue weighted by Gasteiger charge is 2.19. The number of furan rings is 1. The summed E-state index contributed by atoms with van der Waals surface area (Å²) in [4.78, 5) is 11.8. The monoisotopic (exact) mass is 293 g/mol. The van der Waals surface area contributed by atoms with Crippen LogP contribution in [0.1, 0.15) is 29.5 Å². The number of amides is 1. The lowest BCUT2D eigenvalue weighted by Crippen LogP contribution is -2.30. The van der Waals surface area contributed by atoms with Gasteiger partial charge >= 0.3 is 5.91 Å². The molecule has 1 aromatic heterocycles. The number of carbonyl (C=O) groups excluding carboxylic acids is 1. The molecule has 5 N–H and O–H groups in total. The van der Waals surface area contributed by atoms with Gasteiger partial charge in [-0.2, -0.15) is 11.8 Å². The third-order valence-electron chi connectivity index (χ3n) is 3.00. The van der Waals surface area contributed by atoms with Crippen molar-refractivity contribution >= 4 is 28.6 Å². The fraction of sp³-hybridized carbons (Fsp3) is 0.357. The predicted molar refractivity (Wildman–Crippen MR) is 82.3 cm³/mol. The van der Waals surface area contributed by atoms with Gasteiger partial charge < -0.3 is 10.2 Å². The molecule has 0 bridgehead atoms. The third-order valence-corrected chi connectivity index (χ3v) is 4.02. The van der Waals surface area contributed by atoms with E-state index in [1.165, 1.54) is 0 Å². The van der Waals surface area contributed by atoms with Crippen molar-refractivity contribution in [2.45, 2.75) is 25.1 Å². The number of nitrogen functional groups attached to an aromatic ring is 1. The van der Waals surface area contributed by atoms with E-state index < -0.39 is 5.91 Å².